The van der Waals surface area contributed by atoms with E-state index in [1.165, 1.54) is 11.1 Å². The summed E-state index contributed by atoms with van der Waals surface area (Å²) in [4.78, 5) is 0. The lowest BCUT2D eigenvalue weighted by Crippen LogP contribution is -2.22. The highest BCUT2D eigenvalue weighted by molar-refractivity contribution is 5.38. The minimum Gasteiger partial charge on any atom is -0.319 e. The van der Waals surface area contributed by atoms with Crippen LogP contribution in [0.3, 0.4) is 0 Å². The molecule has 22 heavy (non-hydrogen) atoms. The van der Waals surface area contributed by atoms with E-state index in [1.807, 2.05) is 7.05 Å². The normalized spacial score (nSPS) is 32.8. The molecule has 0 amide bonds. The Labute approximate surface area is 134 Å². The molecule has 1 heteroatoms. The average Bonchev–Trinajstić information content (AvgIpc) is 2.75. The molecule has 0 aromatic rings. The zero-order valence-corrected chi connectivity index (χ0v) is 13.3. The molecule has 1 unspecified atom stereocenters. The van der Waals surface area contributed by atoms with E-state index in [0.717, 1.165) is 19.4 Å². The van der Waals surface area contributed by atoms with Crippen molar-refractivity contribution < 1.29 is 0 Å². The molecule has 0 aromatic heterocycles. The maximum atomic E-state index is 3.34. The van der Waals surface area contributed by atoms with Crippen molar-refractivity contribution in [1.82, 2.24) is 5.32 Å². The first-order valence-electron chi connectivity index (χ1n) is 7.95. The van der Waals surface area contributed by atoms with E-state index < -0.39 is 0 Å². The van der Waals surface area contributed by atoms with Gasteiger partial charge in [-0.05, 0) is 25.5 Å². The summed E-state index contributed by atoms with van der Waals surface area (Å²) < 4.78 is 0. The zero-order chi connectivity index (χ0) is 15.5. The van der Waals surface area contributed by atoms with Crippen molar-refractivity contribution >= 4 is 0 Å². The maximum Gasteiger partial charge on any atom is 0.0179 e. The second-order valence-corrected chi connectivity index (χ2v) is 5.37. The Morgan fingerprint density at radius 3 is 2.55 bits per heavy atom. The van der Waals surface area contributed by atoms with Crippen LogP contribution in [0.1, 0.15) is 12.8 Å². The molecular weight excluding hydrogens is 266 g/mol. The van der Waals surface area contributed by atoms with Gasteiger partial charge in [-0.2, -0.15) is 0 Å². The number of allylic oxidation sites excluding steroid dienone is 14. The van der Waals surface area contributed by atoms with E-state index in [9.17, 15) is 0 Å². The van der Waals surface area contributed by atoms with Crippen molar-refractivity contribution in [3.05, 3.63) is 96.2 Å². The number of rotatable bonds is 4. The van der Waals surface area contributed by atoms with Crippen LogP contribution in [0.25, 0.3) is 0 Å². The molecule has 1 nitrogen and oxygen atoms in total. The molecule has 0 fully saturated rings. The van der Waals surface area contributed by atoms with E-state index in [2.05, 4.69) is 90.4 Å². The Bertz CT molecular complexity index is 577. The van der Waals surface area contributed by atoms with Gasteiger partial charge in [0.15, 0.2) is 0 Å². The summed E-state index contributed by atoms with van der Waals surface area (Å²) >= 11 is 0. The van der Waals surface area contributed by atoms with Crippen molar-refractivity contribution in [2.75, 3.05) is 13.6 Å². The molecule has 1 N–H and O–H groups in total. The second-order valence-electron chi connectivity index (χ2n) is 5.37. The van der Waals surface area contributed by atoms with Crippen LogP contribution in [0.2, 0.25) is 0 Å². The van der Waals surface area contributed by atoms with Crippen LogP contribution in [0.15, 0.2) is 96.2 Å². The summed E-state index contributed by atoms with van der Waals surface area (Å²) in [6.45, 7) is 0.939. The van der Waals surface area contributed by atoms with Crippen LogP contribution in [0.5, 0.6) is 0 Å². The first-order chi connectivity index (χ1) is 10.9. The Kier molecular flexibility index (Phi) is 7.20. The fourth-order valence-corrected chi connectivity index (χ4v) is 2.60. The Hall–Kier alpha value is -2.12. The third-order valence-electron chi connectivity index (χ3n) is 3.74. The van der Waals surface area contributed by atoms with Crippen molar-refractivity contribution in [2.45, 2.75) is 12.8 Å². The first-order valence-corrected chi connectivity index (χ1v) is 7.95. The molecule has 0 saturated heterocycles. The molecule has 2 aliphatic carbocycles. The van der Waals surface area contributed by atoms with E-state index in [0.29, 0.717) is 5.92 Å². The maximum absolute atomic E-state index is 3.34. The van der Waals surface area contributed by atoms with E-state index >= 15 is 0 Å². The zero-order valence-electron chi connectivity index (χ0n) is 13.3. The molecule has 1 atom stereocenters. The SMILES string of the molecule is CNCC(C1=C/C=C\C/C=C\C=C\1)/C1=C/C=C\C=C/C=C\C1. The molecule has 2 rings (SSSR count). The van der Waals surface area contributed by atoms with Gasteiger partial charge in [-0.3, -0.25) is 0 Å². The van der Waals surface area contributed by atoms with Gasteiger partial charge in [-0.15, -0.1) is 0 Å². The lowest BCUT2D eigenvalue weighted by molar-refractivity contribution is 0.642. The summed E-state index contributed by atoms with van der Waals surface area (Å²) in [6.07, 6.45) is 32.2. The highest BCUT2D eigenvalue weighted by Gasteiger charge is 2.15. The Morgan fingerprint density at radius 2 is 1.64 bits per heavy atom. The monoisotopic (exact) mass is 291 g/mol. The van der Waals surface area contributed by atoms with Crippen LogP contribution in [0.4, 0.5) is 0 Å². The topological polar surface area (TPSA) is 12.0 Å². The number of hydrogen-bond donors (Lipinski definition) is 1. The van der Waals surface area contributed by atoms with E-state index in [4.69, 9.17) is 0 Å². The van der Waals surface area contributed by atoms with Gasteiger partial charge >= 0.3 is 0 Å². The minimum atomic E-state index is 0.379. The first kappa shape index (κ1) is 16.3. The van der Waals surface area contributed by atoms with E-state index in [1.54, 1.807) is 0 Å². The molecule has 0 radical (unpaired) electrons. The predicted molar refractivity (Wildman–Crippen MR) is 97.7 cm³/mol. The second kappa shape index (κ2) is 9.75. The van der Waals surface area contributed by atoms with Crippen molar-refractivity contribution in [1.29, 1.82) is 0 Å². The minimum absolute atomic E-state index is 0.379. The summed E-state index contributed by atoms with van der Waals surface area (Å²) in [6, 6.07) is 0. The lowest BCUT2D eigenvalue weighted by atomic mass is 9.87. The van der Waals surface area contributed by atoms with Crippen LogP contribution >= 0.6 is 0 Å². The molecule has 0 spiro atoms. The summed E-state index contributed by atoms with van der Waals surface area (Å²) in [5, 5.41) is 3.34. The molecule has 114 valence electrons. The molecular formula is C21H25N. The fraction of sp³-hybridized carbons (Fsp3) is 0.238. The van der Waals surface area contributed by atoms with Crippen LogP contribution in [-0.2, 0) is 0 Å². The van der Waals surface area contributed by atoms with Gasteiger partial charge < -0.3 is 5.32 Å². The largest absolute Gasteiger partial charge is 0.319 e. The molecule has 0 heterocycles. The van der Waals surface area contributed by atoms with Crippen molar-refractivity contribution in [2.24, 2.45) is 5.92 Å². The summed E-state index contributed by atoms with van der Waals surface area (Å²) in [5.41, 5.74) is 2.77. The third-order valence-corrected chi connectivity index (χ3v) is 3.74. The van der Waals surface area contributed by atoms with E-state index in [-0.39, 0.29) is 0 Å². The smallest absolute Gasteiger partial charge is 0.0179 e. The van der Waals surface area contributed by atoms with Crippen LogP contribution < -0.4 is 5.32 Å². The summed E-state index contributed by atoms with van der Waals surface area (Å²) in [5.74, 6) is 0.379. The van der Waals surface area contributed by atoms with Gasteiger partial charge in [0.05, 0.1) is 0 Å². The standard InChI is InChI=1S/C21H25N/c1-22-18-21(19-14-10-6-2-3-7-11-15-19)20-16-12-8-4-5-9-13-17-20/h2-4,6-14,16-17,21-22H,5,15,18H2,1H3/b3-2-,8-4-,10-6-,11-7-,13-9-,16-12+,19-14+,20-17+. The number of nitrogens with one attached hydrogen (secondary N) is 1. The Morgan fingerprint density at radius 1 is 0.864 bits per heavy atom. The van der Waals surface area contributed by atoms with Gasteiger partial charge in [-0.1, -0.05) is 90.6 Å². The lowest BCUT2D eigenvalue weighted by Gasteiger charge is -2.21. The molecule has 0 bridgehead atoms. The van der Waals surface area contributed by atoms with Crippen LogP contribution in [0, 0.1) is 5.92 Å². The van der Waals surface area contributed by atoms with Gasteiger partial charge in [0.1, 0.15) is 0 Å². The average molecular weight is 291 g/mol. The predicted octanol–water partition coefficient (Wildman–Crippen LogP) is 4.82. The highest BCUT2D eigenvalue weighted by atomic mass is 14.8. The molecule has 0 saturated carbocycles. The Balaban J connectivity index is 2.31. The van der Waals surface area contributed by atoms with Gasteiger partial charge in [0, 0.05) is 12.5 Å². The molecule has 0 aliphatic heterocycles. The van der Waals surface area contributed by atoms with Gasteiger partial charge in [-0.25, -0.2) is 0 Å². The molecule has 0 aromatic carbocycles. The number of hydrogen-bond acceptors (Lipinski definition) is 1. The fourth-order valence-electron chi connectivity index (χ4n) is 2.60. The van der Waals surface area contributed by atoms with Crippen molar-refractivity contribution in [3.63, 3.8) is 0 Å². The van der Waals surface area contributed by atoms with Gasteiger partial charge in [0.2, 0.25) is 0 Å². The van der Waals surface area contributed by atoms with Crippen molar-refractivity contribution in [3.8, 4) is 0 Å². The highest BCUT2D eigenvalue weighted by Crippen LogP contribution is 2.25. The molecule has 2 aliphatic rings. The quantitative estimate of drug-likeness (QED) is 0.783. The van der Waals surface area contributed by atoms with Crippen LogP contribution in [-0.4, -0.2) is 13.6 Å². The van der Waals surface area contributed by atoms with Gasteiger partial charge in [0.25, 0.3) is 0 Å². The summed E-state index contributed by atoms with van der Waals surface area (Å²) in [7, 11) is 2.02. The third kappa shape index (κ3) is 5.34.